The maximum absolute atomic E-state index is 14.2. The van der Waals surface area contributed by atoms with Crippen LogP contribution in [0.15, 0.2) is 34.9 Å². The number of amides is 1. The number of nitrogens with zero attached hydrogens (tertiary/aromatic N) is 7. The molecule has 49 heavy (non-hydrogen) atoms. The van der Waals surface area contributed by atoms with Crippen LogP contribution in [0.2, 0.25) is 5.02 Å². The maximum Gasteiger partial charge on any atom is 0.410 e. The SMILES string of the molecule is C[C@H](Oc1cc(O[C@H]2CCN(C(=O)OC(C)(C)C)[C@H](CC#N)C2)nc(-c2noc(C3(c4ccccc4Cl)CCC3)n2)n1)[C@@H]1C[C@@H](F)CN1C. The van der Waals surface area contributed by atoms with Crippen molar-refractivity contribution in [3.8, 4) is 29.5 Å². The number of aromatic nitrogens is 4. The number of hydrogen-bond acceptors (Lipinski definition) is 11. The lowest BCUT2D eigenvalue weighted by Gasteiger charge is -2.39. The number of rotatable bonds is 9. The minimum absolute atomic E-state index is 0.128. The van der Waals surface area contributed by atoms with Crippen LogP contribution >= 0.6 is 11.6 Å². The molecule has 2 saturated heterocycles. The van der Waals surface area contributed by atoms with Gasteiger partial charge in [0.05, 0.1) is 30.0 Å². The van der Waals surface area contributed by atoms with E-state index in [9.17, 15) is 14.4 Å². The Hall–Kier alpha value is -4.02. The molecule has 12 nitrogen and oxygen atoms in total. The predicted octanol–water partition coefficient (Wildman–Crippen LogP) is 6.52. The predicted molar refractivity (Wildman–Crippen MR) is 178 cm³/mol. The van der Waals surface area contributed by atoms with E-state index in [2.05, 4.69) is 21.2 Å². The van der Waals surface area contributed by atoms with Gasteiger partial charge in [0.25, 0.3) is 0 Å². The number of ether oxygens (including phenoxy) is 3. The van der Waals surface area contributed by atoms with E-state index < -0.39 is 35.4 Å². The summed E-state index contributed by atoms with van der Waals surface area (Å²) in [5.74, 6) is 1.19. The maximum atomic E-state index is 14.2. The standard InChI is InChI=1S/C35H43ClFN7O5/c1-21(27-17-22(37)20-43(27)5)46-28-19-29(47-24-12-16-44(23(18-24)11-15-38)33(45)48-34(2,3)4)40-30(39-28)31-41-32(49-42-31)35(13-8-14-35)25-9-6-7-10-26(25)36/h6-7,9-10,19,21-24,27H,8,11-14,16-18,20H2,1-5H3/t21-,22+,23+,24-,27-/m0/s1. The van der Waals surface area contributed by atoms with Crippen molar-refractivity contribution in [1.82, 2.24) is 29.9 Å². The summed E-state index contributed by atoms with van der Waals surface area (Å²) in [5.41, 5.74) is -0.226. The molecule has 0 radical (unpaired) electrons. The summed E-state index contributed by atoms with van der Waals surface area (Å²) in [7, 11) is 1.88. The van der Waals surface area contributed by atoms with Gasteiger partial charge in [0.2, 0.25) is 29.3 Å². The molecule has 0 bridgehead atoms. The Labute approximate surface area is 290 Å². The van der Waals surface area contributed by atoms with E-state index in [1.165, 1.54) is 0 Å². The molecule has 3 fully saturated rings. The van der Waals surface area contributed by atoms with Gasteiger partial charge in [-0.2, -0.15) is 20.2 Å². The van der Waals surface area contributed by atoms with Gasteiger partial charge in [0, 0.05) is 37.0 Å². The van der Waals surface area contributed by atoms with Crippen molar-refractivity contribution in [2.24, 2.45) is 0 Å². The molecule has 1 amide bonds. The van der Waals surface area contributed by atoms with Crippen LogP contribution < -0.4 is 9.47 Å². The molecule has 1 aliphatic carbocycles. The summed E-state index contributed by atoms with van der Waals surface area (Å²) < 4.78 is 38.4. The van der Waals surface area contributed by atoms with Crippen LogP contribution in [0, 0.1) is 11.3 Å². The fourth-order valence-electron chi connectivity index (χ4n) is 7.05. The first kappa shape index (κ1) is 34.8. The van der Waals surface area contributed by atoms with Crippen LogP contribution in [-0.4, -0.2) is 92.2 Å². The zero-order chi connectivity index (χ0) is 34.9. The van der Waals surface area contributed by atoms with Gasteiger partial charge >= 0.3 is 6.09 Å². The highest BCUT2D eigenvalue weighted by atomic mass is 35.5. The van der Waals surface area contributed by atoms with Gasteiger partial charge in [0.15, 0.2) is 0 Å². The minimum Gasteiger partial charge on any atom is -0.474 e. The number of nitriles is 1. The number of carbonyl (C=O) groups excluding carboxylic acids is 1. The Bertz CT molecular complexity index is 1690. The molecule has 0 unspecified atom stereocenters. The zero-order valence-electron chi connectivity index (χ0n) is 28.6. The quantitative estimate of drug-likeness (QED) is 0.242. The molecule has 1 aromatic carbocycles. The number of halogens is 2. The van der Waals surface area contributed by atoms with E-state index >= 15 is 0 Å². The van der Waals surface area contributed by atoms with Gasteiger partial charge in [-0.1, -0.05) is 41.4 Å². The van der Waals surface area contributed by atoms with Crippen molar-refractivity contribution in [2.75, 3.05) is 20.1 Å². The van der Waals surface area contributed by atoms with Gasteiger partial charge in [-0.15, -0.1) is 0 Å². The van der Waals surface area contributed by atoms with Crippen LogP contribution in [0.4, 0.5) is 9.18 Å². The van der Waals surface area contributed by atoms with Crippen LogP contribution in [-0.2, 0) is 10.2 Å². The average molecular weight is 696 g/mol. The van der Waals surface area contributed by atoms with E-state index in [-0.39, 0.29) is 42.0 Å². The van der Waals surface area contributed by atoms with Crippen molar-refractivity contribution in [2.45, 2.75) is 114 Å². The van der Waals surface area contributed by atoms with Crippen LogP contribution in [0.1, 0.15) is 84.1 Å². The molecule has 3 aromatic rings. The van der Waals surface area contributed by atoms with Gasteiger partial charge in [-0.3, -0.25) is 4.90 Å². The average Bonchev–Trinajstić information content (AvgIpc) is 3.63. The summed E-state index contributed by atoms with van der Waals surface area (Å²) in [5, 5.41) is 14.5. The van der Waals surface area contributed by atoms with Crippen molar-refractivity contribution in [1.29, 1.82) is 5.26 Å². The molecular formula is C35H43ClFN7O5. The largest absolute Gasteiger partial charge is 0.474 e. The molecule has 3 aliphatic rings. The molecule has 262 valence electrons. The van der Waals surface area contributed by atoms with Gasteiger partial charge in [0.1, 0.15) is 24.0 Å². The molecular weight excluding hydrogens is 653 g/mol. The monoisotopic (exact) mass is 695 g/mol. The van der Waals surface area contributed by atoms with Crippen molar-refractivity contribution in [3.05, 3.63) is 46.8 Å². The van der Waals surface area contributed by atoms with Gasteiger partial charge < -0.3 is 23.6 Å². The van der Waals surface area contributed by atoms with Crippen LogP contribution in [0.25, 0.3) is 11.6 Å². The number of benzene rings is 1. The first-order chi connectivity index (χ1) is 23.3. The smallest absolute Gasteiger partial charge is 0.410 e. The van der Waals surface area contributed by atoms with E-state index in [1.54, 1.807) is 11.0 Å². The Morgan fingerprint density at radius 3 is 2.59 bits per heavy atom. The third-order valence-corrected chi connectivity index (χ3v) is 9.95. The second-order valence-electron chi connectivity index (χ2n) is 14.3. The number of likely N-dealkylation sites (N-methyl/N-ethyl adjacent to an activating group) is 1. The van der Waals surface area contributed by atoms with Crippen LogP contribution in [0.5, 0.6) is 11.8 Å². The van der Waals surface area contributed by atoms with Crippen molar-refractivity contribution < 1.29 is 27.9 Å². The normalized spacial score (nSPS) is 24.5. The molecule has 5 atom stereocenters. The number of alkyl halides is 1. The third-order valence-electron chi connectivity index (χ3n) is 9.62. The van der Waals surface area contributed by atoms with E-state index in [4.69, 9.17) is 35.3 Å². The molecule has 2 aromatic heterocycles. The molecule has 0 spiro atoms. The summed E-state index contributed by atoms with van der Waals surface area (Å²) in [6.45, 7) is 8.00. The first-order valence-electron chi connectivity index (χ1n) is 16.9. The molecule has 6 rings (SSSR count). The fourth-order valence-corrected chi connectivity index (χ4v) is 7.36. The van der Waals surface area contributed by atoms with Crippen molar-refractivity contribution >= 4 is 17.7 Å². The van der Waals surface area contributed by atoms with Gasteiger partial charge in [-0.05, 0) is 65.6 Å². The molecule has 2 aliphatic heterocycles. The lowest BCUT2D eigenvalue weighted by atomic mass is 9.64. The number of likely N-dealkylation sites (tertiary alicyclic amines) is 2. The molecule has 4 heterocycles. The summed E-state index contributed by atoms with van der Waals surface area (Å²) in [4.78, 5) is 30.6. The lowest BCUT2D eigenvalue weighted by molar-refractivity contribution is -0.00382. The Morgan fingerprint density at radius 2 is 1.94 bits per heavy atom. The number of carbonyl (C=O) groups is 1. The third kappa shape index (κ3) is 7.60. The van der Waals surface area contributed by atoms with E-state index in [1.807, 2.05) is 63.9 Å². The highest BCUT2D eigenvalue weighted by molar-refractivity contribution is 6.31. The molecule has 0 N–H and O–H groups in total. The second-order valence-corrected chi connectivity index (χ2v) is 14.7. The summed E-state index contributed by atoms with van der Waals surface area (Å²) in [6, 6.07) is 10.9. The minimum atomic E-state index is -0.927. The topological polar surface area (TPSA) is 140 Å². The van der Waals surface area contributed by atoms with Crippen LogP contribution in [0.3, 0.4) is 0 Å². The van der Waals surface area contributed by atoms with E-state index in [0.29, 0.717) is 43.3 Å². The Morgan fingerprint density at radius 1 is 1.18 bits per heavy atom. The molecule has 14 heteroatoms. The number of hydrogen-bond donors (Lipinski definition) is 0. The summed E-state index contributed by atoms with van der Waals surface area (Å²) in [6.07, 6.45) is 1.85. The highest BCUT2D eigenvalue weighted by Crippen LogP contribution is 2.50. The lowest BCUT2D eigenvalue weighted by Crippen LogP contribution is -2.50. The highest BCUT2D eigenvalue weighted by Gasteiger charge is 2.47. The number of piperidine rings is 1. The summed E-state index contributed by atoms with van der Waals surface area (Å²) >= 11 is 6.61. The fraction of sp³-hybridized carbons (Fsp3) is 0.600. The first-order valence-corrected chi connectivity index (χ1v) is 17.3. The Kier molecular flexibility index (Phi) is 10.0. The molecule has 1 saturated carbocycles. The van der Waals surface area contributed by atoms with Gasteiger partial charge in [-0.25, -0.2) is 9.18 Å². The zero-order valence-corrected chi connectivity index (χ0v) is 29.3. The second kappa shape index (κ2) is 14.1. The van der Waals surface area contributed by atoms with Crippen molar-refractivity contribution in [3.63, 3.8) is 0 Å². The Balaban J connectivity index is 1.28. The van der Waals surface area contributed by atoms with E-state index in [0.717, 1.165) is 24.8 Å².